The summed E-state index contributed by atoms with van der Waals surface area (Å²) in [6.07, 6.45) is 6.36. The summed E-state index contributed by atoms with van der Waals surface area (Å²) >= 11 is 0. The van der Waals surface area contributed by atoms with Gasteiger partial charge in [-0.3, -0.25) is 14.2 Å². The molecule has 2 aromatic rings. The fourth-order valence-corrected chi connectivity index (χ4v) is 5.29. The van der Waals surface area contributed by atoms with Gasteiger partial charge in [0.2, 0.25) is 5.91 Å². The average molecular weight is 482 g/mol. The van der Waals surface area contributed by atoms with Crippen molar-refractivity contribution in [2.45, 2.75) is 69.6 Å². The minimum Gasteiger partial charge on any atom is -0.388 e. The number of carbonyl (C=O) groups excluding carboxylic acids is 1. The van der Waals surface area contributed by atoms with Gasteiger partial charge in [-0.15, -0.1) is 0 Å². The topological polar surface area (TPSA) is 90.7 Å². The molecule has 190 valence electrons. The Morgan fingerprint density at radius 2 is 1.97 bits per heavy atom. The maximum absolute atomic E-state index is 12.8. The molecule has 1 aromatic carbocycles. The van der Waals surface area contributed by atoms with Gasteiger partial charge in [0.15, 0.2) is 0 Å². The molecule has 0 aliphatic carbocycles. The maximum atomic E-state index is 12.8. The number of anilines is 1. The summed E-state index contributed by atoms with van der Waals surface area (Å²) in [4.78, 5) is 34.1. The molecule has 2 fully saturated rings. The maximum Gasteiger partial charge on any atom is 0.255 e. The van der Waals surface area contributed by atoms with Crippen LogP contribution in [0.3, 0.4) is 0 Å². The van der Waals surface area contributed by atoms with Gasteiger partial charge in [0.1, 0.15) is 5.82 Å². The highest BCUT2D eigenvalue weighted by molar-refractivity contribution is 5.77. The number of carbonyl (C=O) groups is 1. The lowest BCUT2D eigenvalue weighted by Crippen LogP contribution is -2.49. The number of likely N-dealkylation sites (tertiary alicyclic amines) is 2. The van der Waals surface area contributed by atoms with E-state index in [1.807, 2.05) is 35.2 Å². The molecule has 2 N–H and O–H groups in total. The molecule has 3 heterocycles. The molecular weight excluding hydrogens is 442 g/mol. The highest BCUT2D eigenvalue weighted by Crippen LogP contribution is 2.26. The number of rotatable bonds is 9. The third-order valence-corrected chi connectivity index (χ3v) is 7.70. The zero-order valence-electron chi connectivity index (χ0n) is 21.0. The second-order valence-corrected chi connectivity index (χ2v) is 10.4. The molecule has 35 heavy (non-hydrogen) atoms. The fraction of sp³-hybridized carbons (Fsp3) is 0.593. The van der Waals surface area contributed by atoms with Crippen LogP contribution in [-0.2, 0) is 11.3 Å². The summed E-state index contributed by atoms with van der Waals surface area (Å²) in [7, 11) is 2.16. The Bertz CT molecular complexity index is 1030. The number of aliphatic hydroxyl groups is 1. The number of hydrogen-bond donors (Lipinski definition) is 2. The van der Waals surface area contributed by atoms with Crippen LogP contribution in [0.5, 0.6) is 0 Å². The fourth-order valence-electron chi connectivity index (χ4n) is 5.29. The van der Waals surface area contributed by atoms with Gasteiger partial charge in [-0.2, -0.15) is 0 Å². The number of amides is 1. The molecule has 0 spiro atoms. The van der Waals surface area contributed by atoms with Crippen LogP contribution >= 0.6 is 0 Å². The monoisotopic (exact) mass is 481 g/mol. The van der Waals surface area contributed by atoms with E-state index in [4.69, 9.17) is 0 Å². The van der Waals surface area contributed by atoms with Crippen LogP contribution in [0.1, 0.15) is 56.9 Å². The molecule has 0 radical (unpaired) electrons. The molecule has 1 aromatic heterocycles. The van der Waals surface area contributed by atoms with Crippen molar-refractivity contribution < 1.29 is 9.90 Å². The van der Waals surface area contributed by atoms with Crippen LogP contribution in [0.15, 0.2) is 47.5 Å². The van der Waals surface area contributed by atoms with Gasteiger partial charge >= 0.3 is 0 Å². The normalized spacial score (nSPS) is 21.1. The van der Waals surface area contributed by atoms with Crippen molar-refractivity contribution in [1.82, 2.24) is 19.4 Å². The van der Waals surface area contributed by atoms with Crippen molar-refractivity contribution in [3.05, 3.63) is 58.6 Å². The summed E-state index contributed by atoms with van der Waals surface area (Å²) in [5.74, 6) is 0.841. The van der Waals surface area contributed by atoms with E-state index in [9.17, 15) is 14.7 Å². The van der Waals surface area contributed by atoms with E-state index in [2.05, 4.69) is 29.2 Å². The van der Waals surface area contributed by atoms with Crippen molar-refractivity contribution in [3.8, 4) is 0 Å². The SMILES string of the molecule is C[C@H](CC(=O)N1CCC(O)(Cn2cnc(NCC[C@H]3CCCN3C)cc2=O)CC1)c1ccccc1. The van der Waals surface area contributed by atoms with Gasteiger partial charge in [-0.25, -0.2) is 4.98 Å². The predicted octanol–water partition coefficient (Wildman–Crippen LogP) is 2.69. The average Bonchev–Trinajstić information content (AvgIpc) is 3.26. The van der Waals surface area contributed by atoms with Crippen LogP contribution in [0.25, 0.3) is 0 Å². The lowest BCUT2D eigenvalue weighted by molar-refractivity contribution is -0.136. The van der Waals surface area contributed by atoms with Gasteiger partial charge in [0, 0.05) is 38.2 Å². The molecule has 0 bridgehead atoms. The number of benzene rings is 1. The second-order valence-electron chi connectivity index (χ2n) is 10.4. The number of nitrogens with one attached hydrogen (secondary N) is 1. The summed E-state index contributed by atoms with van der Waals surface area (Å²) in [6, 6.07) is 12.2. The standard InChI is InChI=1S/C27H39N5O3/c1-21(22-7-4-3-5-8-22)17-25(33)31-15-11-27(35,12-16-31)19-32-20-29-24(18-26(32)34)28-13-10-23-9-6-14-30(23)2/h3-5,7-8,18,20-21,23,28,35H,6,9-17,19H2,1-2H3/t21-,23-/m1/s1. The van der Waals surface area contributed by atoms with Crippen LogP contribution in [0, 0.1) is 0 Å². The Morgan fingerprint density at radius 1 is 1.23 bits per heavy atom. The van der Waals surface area contributed by atoms with Crippen LogP contribution in [-0.4, -0.2) is 75.2 Å². The molecule has 8 nitrogen and oxygen atoms in total. The summed E-state index contributed by atoms with van der Waals surface area (Å²) in [5, 5.41) is 14.4. The summed E-state index contributed by atoms with van der Waals surface area (Å²) in [5.41, 5.74) is -0.0378. The molecule has 2 aliphatic rings. The van der Waals surface area contributed by atoms with Crippen LogP contribution in [0.4, 0.5) is 5.82 Å². The Balaban J connectivity index is 1.25. The van der Waals surface area contributed by atoms with E-state index in [0.717, 1.165) is 25.1 Å². The number of hydrogen-bond acceptors (Lipinski definition) is 6. The highest BCUT2D eigenvalue weighted by Gasteiger charge is 2.35. The molecule has 0 saturated carbocycles. The smallest absolute Gasteiger partial charge is 0.255 e. The predicted molar refractivity (Wildman–Crippen MR) is 137 cm³/mol. The van der Waals surface area contributed by atoms with Crippen molar-refractivity contribution >= 4 is 11.7 Å². The van der Waals surface area contributed by atoms with Crippen molar-refractivity contribution in [3.63, 3.8) is 0 Å². The van der Waals surface area contributed by atoms with Crippen LogP contribution < -0.4 is 10.9 Å². The van der Waals surface area contributed by atoms with Crippen molar-refractivity contribution in [2.75, 3.05) is 38.5 Å². The van der Waals surface area contributed by atoms with E-state index >= 15 is 0 Å². The van der Waals surface area contributed by atoms with E-state index in [0.29, 0.717) is 44.2 Å². The molecule has 1 amide bonds. The first-order chi connectivity index (χ1) is 16.8. The quantitative estimate of drug-likeness (QED) is 0.572. The first-order valence-electron chi connectivity index (χ1n) is 12.9. The summed E-state index contributed by atoms with van der Waals surface area (Å²) < 4.78 is 1.48. The van der Waals surface area contributed by atoms with E-state index in [1.54, 1.807) is 0 Å². The lowest BCUT2D eigenvalue weighted by atomic mass is 9.90. The molecule has 2 saturated heterocycles. The van der Waals surface area contributed by atoms with E-state index < -0.39 is 5.60 Å². The largest absolute Gasteiger partial charge is 0.388 e. The Labute approximate surface area is 208 Å². The van der Waals surface area contributed by atoms with Gasteiger partial charge in [-0.05, 0) is 57.2 Å². The number of aromatic nitrogens is 2. The molecular formula is C27H39N5O3. The Kier molecular flexibility index (Phi) is 8.23. The third-order valence-electron chi connectivity index (χ3n) is 7.70. The van der Waals surface area contributed by atoms with Gasteiger partial charge in [0.25, 0.3) is 5.56 Å². The van der Waals surface area contributed by atoms with Crippen molar-refractivity contribution in [2.24, 2.45) is 0 Å². The third kappa shape index (κ3) is 6.70. The van der Waals surface area contributed by atoms with Gasteiger partial charge in [0.05, 0.1) is 18.5 Å². The molecule has 2 atom stereocenters. The minimum atomic E-state index is -1.02. The van der Waals surface area contributed by atoms with Crippen molar-refractivity contribution in [1.29, 1.82) is 0 Å². The zero-order chi connectivity index (χ0) is 24.8. The second kappa shape index (κ2) is 11.4. The van der Waals surface area contributed by atoms with Gasteiger partial charge in [-0.1, -0.05) is 37.3 Å². The van der Waals surface area contributed by atoms with E-state index in [1.165, 1.54) is 29.8 Å². The summed E-state index contributed by atoms with van der Waals surface area (Å²) in [6.45, 7) is 5.18. The minimum absolute atomic E-state index is 0.112. The molecule has 0 unspecified atom stereocenters. The molecule has 4 rings (SSSR count). The Morgan fingerprint density at radius 3 is 2.63 bits per heavy atom. The number of nitrogens with zero attached hydrogens (tertiary/aromatic N) is 4. The van der Waals surface area contributed by atoms with Crippen LogP contribution in [0.2, 0.25) is 0 Å². The molecule has 8 heteroatoms. The van der Waals surface area contributed by atoms with E-state index in [-0.39, 0.29) is 23.9 Å². The first kappa shape index (κ1) is 25.4. The van der Waals surface area contributed by atoms with Gasteiger partial charge < -0.3 is 20.2 Å². The zero-order valence-corrected chi connectivity index (χ0v) is 21.0. The Hall–Kier alpha value is -2.71. The first-order valence-corrected chi connectivity index (χ1v) is 12.9. The number of piperidine rings is 1. The highest BCUT2D eigenvalue weighted by atomic mass is 16.3. The lowest BCUT2D eigenvalue weighted by Gasteiger charge is -2.38. The molecule has 2 aliphatic heterocycles.